The Hall–Kier alpha value is -0.930. The summed E-state index contributed by atoms with van der Waals surface area (Å²) >= 11 is 0. The summed E-state index contributed by atoms with van der Waals surface area (Å²) in [7, 11) is 0. The third kappa shape index (κ3) is 4.02. The Labute approximate surface area is 116 Å². The second-order valence-corrected chi connectivity index (χ2v) is 5.64. The average molecular weight is 264 g/mol. The lowest BCUT2D eigenvalue weighted by molar-refractivity contribution is 0.166. The maximum absolute atomic E-state index is 13.9. The minimum Gasteiger partial charge on any atom is -0.309 e. The first kappa shape index (κ1) is 14.5. The van der Waals surface area contributed by atoms with Crippen molar-refractivity contribution in [3.05, 3.63) is 35.6 Å². The van der Waals surface area contributed by atoms with Gasteiger partial charge in [0.15, 0.2) is 0 Å². The van der Waals surface area contributed by atoms with Gasteiger partial charge >= 0.3 is 0 Å². The Bertz CT molecular complexity index is 394. The Morgan fingerprint density at radius 1 is 1.42 bits per heavy atom. The fourth-order valence-corrected chi connectivity index (χ4v) is 2.99. The molecule has 19 heavy (non-hydrogen) atoms. The molecule has 1 aliphatic rings. The van der Waals surface area contributed by atoms with Crippen LogP contribution in [0.15, 0.2) is 24.3 Å². The summed E-state index contributed by atoms with van der Waals surface area (Å²) in [4.78, 5) is 2.47. The van der Waals surface area contributed by atoms with Crippen molar-refractivity contribution in [3.63, 3.8) is 0 Å². The molecule has 1 aromatic rings. The molecule has 2 unspecified atom stereocenters. The van der Waals surface area contributed by atoms with Crippen molar-refractivity contribution in [2.24, 2.45) is 5.92 Å². The molecule has 1 aromatic carbocycles. The van der Waals surface area contributed by atoms with E-state index in [1.165, 1.54) is 12.8 Å². The monoisotopic (exact) mass is 264 g/mol. The molecule has 2 nitrogen and oxygen atoms in total. The van der Waals surface area contributed by atoms with E-state index in [4.69, 9.17) is 0 Å². The van der Waals surface area contributed by atoms with Gasteiger partial charge in [0, 0.05) is 24.7 Å². The van der Waals surface area contributed by atoms with Gasteiger partial charge in [-0.2, -0.15) is 0 Å². The van der Waals surface area contributed by atoms with Crippen LogP contribution >= 0.6 is 0 Å². The van der Waals surface area contributed by atoms with Crippen LogP contribution in [0.1, 0.15) is 38.3 Å². The number of piperidine rings is 1. The Balaban J connectivity index is 2.05. The lowest BCUT2D eigenvalue weighted by Crippen LogP contribution is -2.40. The highest BCUT2D eigenvalue weighted by atomic mass is 19.1. The average Bonchev–Trinajstić information content (AvgIpc) is 2.39. The quantitative estimate of drug-likeness (QED) is 0.878. The molecule has 0 spiro atoms. The predicted molar refractivity (Wildman–Crippen MR) is 77.7 cm³/mol. The van der Waals surface area contributed by atoms with Gasteiger partial charge in [-0.25, -0.2) is 4.39 Å². The molecule has 0 aliphatic carbocycles. The summed E-state index contributed by atoms with van der Waals surface area (Å²) in [6.45, 7) is 8.42. The van der Waals surface area contributed by atoms with Crippen LogP contribution in [0, 0.1) is 11.7 Å². The maximum Gasteiger partial charge on any atom is 0.128 e. The zero-order valence-corrected chi connectivity index (χ0v) is 12.0. The van der Waals surface area contributed by atoms with Crippen molar-refractivity contribution >= 4 is 0 Å². The smallest absolute Gasteiger partial charge is 0.128 e. The number of benzene rings is 1. The molecule has 0 bridgehead atoms. The molecular weight excluding hydrogens is 239 g/mol. The third-order valence-electron chi connectivity index (χ3n) is 3.91. The Morgan fingerprint density at radius 2 is 2.21 bits per heavy atom. The second kappa shape index (κ2) is 7.01. The summed E-state index contributed by atoms with van der Waals surface area (Å²) in [6, 6.07) is 7.22. The van der Waals surface area contributed by atoms with E-state index in [2.05, 4.69) is 24.1 Å². The molecule has 1 saturated heterocycles. The molecule has 0 saturated carbocycles. The summed E-state index contributed by atoms with van der Waals surface area (Å²) in [6.07, 6.45) is 2.58. The molecule has 0 aromatic heterocycles. The van der Waals surface area contributed by atoms with E-state index in [1.807, 2.05) is 12.1 Å². The van der Waals surface area contributed by atoms with E-state index in [1.54, 1.807) is 12.1 Å². The first-order valence-electron chi connectivity index (χ1n) is 7.41. The fourth-order valence-electron chi connectivity index (χ4n) is 2.99. The molecule has 3 heteroatoms. The number of hydrogen-bond donors (Lipinski definition) is 1. The molecule has 0 amide bonds. The van der Waals surface area contributed by atoms with Crippen LogP contribution in [-0.2, 0) is 0 Å². The van der Waals surface area contributed by atoms with Crippen LogP contribution in [0.5, 0.6) is 0 Å². The van der Waals surface area contributed by atoms with E-state index >= 15 is 0 Å². The molecule has 2 rings (SSSR count). The maximum atomic E-state index is 13.9. The van der Waals surface area contributed by atoms with E-state index in [0.717, 1.165) is 37.7 Å². The number of rotatable bonds is 5. The van der Waals surface area contributed by atoms with Crippen LogP contribution in [0.2, 0.25) is 0 Å². The van der Waals surface area contributed by atoms with Crippen LogP contribution in [-0.4, -0.2) is 31.1 Å². The van der Waals surface area contributed by atoms with Crippen LogP contribution < -0.4 is 5.32 Å². The number of nitrogens with zero attached hydrogens (tertiary/aromatic N) is 1. The van der Waals surface area contributed by atoms with Gasteiger partial charge in [-0.3, -0.25) is 0 Å². The normalized spacial score (nSPS) is 22.4. The van der Waals surface area contributed by atoms with Crippen molar-refractivity contribution in [1.82, 2.24) is 10.2 Å². The standard InChI is InChI=1S/C16H25FN2/c1-3-18-16(14-8-4-5-9-15(14)17)12-19-10-6-7-13(2)11-19/h4-5,8-9,13,16,18H,3,6-7,10-12H2,1-2H3. The van der Waals surface area contributed by atoms with Crippen molar-refractivity contribution < 1.29 is 4.39 Å². The third-order valence-corrected chi connectivity index (χ3v) is 3.91. The zero-order chi connectivity index (χ0) is 13.7. The van der Waals surface area contributed by atoms with Gasteiger partial charge in [-0.15, -0.1) is 0 Å². The summed E-state index contributed by atoms with van der Waals surface area (Å²) in [5, 5.41) is 3.42. The first-order valence-corrected chi connectivity index (χ1v) is 7.41. The summed E-state index contributed by atoms with van der Waals surface area (Å²) < 4.78 is 13.9. The van der Waals surface area contributed by atoms with Gasteiger partial charge in [0.1, 0.15) is 5.82 Å². The lowest BCUT2D eigenvalue weighted by atomic mass is 9.98. The topological polar surface area (TPSA) is 15.3 Å². The summed E-state index contributed by atoms with van der Waals surface area (Å²) in [5.74, 6) is 0.662. The van der Waals surface area contributed by atoms with Crippen LogP contribution in [0.25, 0.3) is 0 Å². The fraction of sp³-hybridized carbons (Fsp3) is 0.625. The number of nitrogens with one attached hydrogen (secondary N) is 1. The molecule has 1 fully saturated rings. The number of hydrogen-bond acceptors (Lipinski definition) is 2. The van der Waals surface area contributed by atoms with Crippen molar-refractivity contribution in [1.29, 1.82) is 0 Å². The van der Waals surface area contributed by atoms with E-state index in [9.17, 15) is 4.39 Å². The van der Waals surface area contributed by atoms with Crippen molar-refractivity contribution in [3.8, 4) is 0 Å². The summed E-state index contributed by atoms with van der Waals surface area (Å²) in [5.41, 5.74) is 0.794. The Morgan fingerprint density at radius 3 is 2.89 bits per heavy atom. The molecule has 1 aliphatic heterocycles. The highest BCUT2D eigenvalue weighted by Gasteiger charge is 2.21. The Kier molecular flexibility index (Phi) is 5.34. The first-order chi connectivity index (χ1) is 9.20. The van der Waals surface area contributed by atoms with Gasteiger partial charge in [-0.05, 0) is 37.9 Å². The van der Waals surface area contributed by atoms with E-state index in [-0.39, 0.29) is 11.9 Å². The van der Waals surface area contributed by atoms with E-state index < -0.39 is 0 Å². The van der Waals surface area contributed by atoms with E-state index in [0.29, 0.717) is 0 Å². The lowest BCUT2D eigenvalue weighted by Gasteiger charge is -2.34. The zero-order valence-electron chi connectivity index (χ0n) is 12.0. The van der Waals surface area contributed by atoms with Gasteiger partial charge in [0.25, 0.3) is 0 Å². The van der Waals surface area contributed by atoms with Crippen molar-refractivity contribution in [2.45, 2.75) is 32.7 Å². The molecule has 2 atom stereocenters. The SMILES string of the molecule is CCNC(CN1CCCC(C)C1)c1ccccc1F. The van der Waals surface area contributed by atoms with Gasteiger partial charge in [0.05, 0.1) is 0 Å². The molecular formula is C16H25FN2. The number of likely N-dealkylation sites (tertiary alicyclic amines) is 1. The highest BCUT2D eigenvalue weighted by molar-refractivity contribution is 5.21. The predicted octanol–water partition coefficient (Wildman–Crippen LogP) is 3.21. The minimum absolute atomic E-state index is 0.0940. The largest absolute Gasteiger partial charge is 0.309 e. The van der Waals surface area contributed by atoms with Crippen LogP contribution in [0.4, 0.5) is 4.39 Å². The highest BCUT2D eigenvalue weighted by Crippen LogP contribution is 2.21. The molecule has 1 N–H and O–H groups in total. The van der Waals surface area contributed by atoms with Gasteiger partial charge in [-0.1, -0.05) is 32.0 Å². The van der Waals surface area contributed by atoms with Crippen molar-refractivity contribution in [2.75, 3.05) is 26.2 Å². The van der Waals surface area contributed by atoms with Gasteiger partial charge < -0.3 is 10.2 Å². The molecule has 1 heterocycles. The van der Waals surface area contributed by atoms with Gasteiger partial charge in [0.2, 0.25) is 0 Å². The van der Waals surface area contributed by atoms with Crippen LogP contribution in [0.3, 0.4) is 0 Å². The second-order valence-electron chi connectivity index (χ2n) is 5.64. The number of likely N-dealkylation sites (N-methyl/N-ethyl adjacent to an activating group) is 1. The number of halogens is 1. The molecule has 0 radical (unpaired) electrons. The molecule has 106 valence electrons. The minimum atomic E-state index is -0.0986.